The van der Waals surface area contributed by atoms with E-state index in [1.54, 1.807) is 54.7 Å². The number of benzene rings is 2. The van der Waals surface area contributed by atoms with E-state index in [0.717, 1.165) is 5.56 Å². The fourth-order valence-corrected chi connectivity index (χ4v) is 2.92. The van der Waals surface area contributed by atoms with Gasteiger partial charge >= 0.3 is 0 Å². The van der Waals surface area contributed by atoms with Gasteiger partial charge in [0.2, 0.25) is 5.78 Å². The number of carbonyl (C=O) groups is 1. The summed E-state index contributed by atoms with van der Waals surface area (Å²) in [7, 11) is 1.48. The van der Waals surface area contributed by atoms with E-state index < -0.39 is 5.82 Å². The third kappa shape index (κ3) is 3.81. The van der Waals surface area contributed by atoms with Crippen LogP contribution in [0.25, 0.3) is 11.1 Å². The van der Waals surface area contributed by atoms with Crippen LogP contribution >= 0.6 is 0 Å². The van der Waals surface area contributed by atoms with E-state index in [1.807, 2.05) is 0 Å². The van der Waals surface area contributed by atoms with Crippen molar-refractivity contribution < 1.29 is 13.9 Å². The Labute approximate surface area is 162 Å². The molecule has 3 rings (SSSR count). The number of nitrogens with zero attached hydrogens (tertiary/aromatic N) is 2. The largest absolute Gasteiger partial charge is 0.496 e. The number of pyridine rings is 1. The van der Waals surface area contributed by atoms with E-state index in [1.165, 1.54) is 13.2 Å². The van der Waals surface area contributed by atoms with Crippen LogP contribution < -0.4 is 4.74 Å². The van der Waals surface area contributed by atoms with Crippen molar-refractivity contribution in [2.75, 3.05) is 7.11 Å². The molecular weight excluding hydrogens is 355 g/mol. The highest BCUT2D eigenvalue weighted by molar-refractivity contribution is 6.02. The van der Waals surface area contributed by atoms with Crippen LogP contribution in [0.2, 0.25) is 0 Å². The molecule has 0 aliphatic heterocycles. The van der Waals surface area contributed by atoms with Gasteiger partial charge in [-0.1, -0.05) is 30.8 Å². The molecule has 2 aromatic carbocycles. The van der Waals surface area contributed by atoms with Gasteiger partial charge in [-0.25, -0.2) is 4.39 Å². The maximum atomic E-state index is 15.3. The van der Waals surface area contributed by atoms with Gasteiger partial charge in [0.25, 0.3) is 0 Å². The first-order chi connectivity index (χ1) is 13.6. The second-order valence-electron chi connectivity index (χ2n) is 6.11. The van der Waals surface area contributed by atoms with Crippen molar-refractivity contribution >= 4 is 5.78 Å². The number of halogens is 1. The molecule has 0 saturated heterocycles. The van der Waals surface area contributed by atoms with Crippen LogP contribution in [0, 0.1) is 17.1 Å². The van der Waals surface area contributed by atoms with Crippen molar-refractivity contribution in [3.63, 3.8) is 0 Å². The molecule has 4 nitrogen and oxygen atoms in total. The Morgan fingerprint density at radius 1 is 1.29 bits per heavy atom. The van der Waals surface area contributed by atoms with E-state index in [4.69, 9.17) is 10.00 Å². The fourth-order valence-electron chi connectivity index (χ4n) is 2.92. The molecule has 0 bridgehead atoms. The Balaban J connectivity index is 2.00. The highest BCUT2D eigenvalue weighted by Gasteiger charge is 2.17. The zero-order valence-electron chi connectivity index (χ0n) is 15.3. The Bertz CT molecular complexity index is 1080. The monoisotopic (exact) mass is 372 g/mol. The molecule has 1 aromatic heterocycles. The van der Waals surface area contributed by atoms with Crippen molar-refractivity contribution in [1.29, 1.82) is 5.26 Å². The number of rotatable bonds is 6. The molecule has 5 heteroatoms. The second kappa shape index (κ2) is 8.28. The first-order valence-electron chi connectivity index (χ1n) is 8.55. The second-order valence-corrected chi connectivity index (χ2v) is 6.11. The van der Waals surface area contributed by atoms with Crippen molar-refractivity contribution in [2.24, 2.45) is 0 Å². The molecular formula is C23H17FN2O2. The molecule has 0 aliphatic carbocycles. The van der Waals surface area contributed by atoms with Crippen LogP contribution in [-0.2, 0) is 6.42 Å². The number of carbonyl (C=O) groups excluding carboxylic acids is 1. The topological polar surface area (TPSA) is 63.0 Å². The summed E-state index contributed by atoms with van der Waals surface area (Å²) in [4.78, 5) is 15.7. The first-order valence-corrected chi connectivity index (χ1v) is 8.55. The molecule has 0 radical (unpaired) electrons. The number of methoxy groups -OCH3 is 1. The molecule has 1 heterocycles. The predicted octanol–water partition coefficient (Wildman–Crippen LogP) is 4.73. The summed E-state index contributed by atoms with van der Waals surface area (Å²) in [5, 5.41) is 9.12. The lowest BCUT2D eigenvalue weighted by Gasteiger charge is -2.14. The summed E-state index contributed by atoms with van der Waals surface area (Å²) in [5.41, 5.74) is 2.84. The Morgan fingerprint density at radius 3 is 2.75 bits per heavy atom. The minimum absolute atomic E-state index is 0.262. The van der Waals surface area contributed by atoms with Gasteiger partial charge in [-0.3, -0.25) is 9.78 Å². The highest BCUT2D eigenvalue weighted by atomic mass is 19.1. The van der Waals surface area contributed by atoms with Crippen LogP contribution in [0.5, 0.6) is 5.75 Å². The third-order valence-electron chi connectivity index (χ3n) is 4.34. The third-order valence-corrected chi connectivity index (χ3v) is 4.34. The van der Waals surface area contributed by atoms with Crippen molar-refractivity contribution in [1.82, 2.24) is 4.98 Å². The van der Waals surface area contributed by atoms with Crippen LogP contribution in [-0.4, -0.2) is 17.9 Å². The maximum absolute atomic E-state index is 15.3. The lowest BCUT2D eigenvalue weighted by atomic mass is 9.96. The van der Waals surface area contributed by atoms with Crippen LogP contribution in [0.3, 0.4) is 0 Å². The lowest BCUT2D eigenvalue weighted by Crippen LogP contribution is -2.01. The Morgan fingerprint density at radius 2 is 2.11 bits per heavy atom. The molecule has 0 amide bonds. The SMILES string of the molecule is C=CC(=O)c1ccc(Cc2ccc(OC)c(-c3cccc(C#N)c3)c2F)cn1. The van der Waals surface area contributed by atoms with Crippen molar-refractivity contribution in [2.45, 2.75) is 6.42 Å². The number of hydrogen-bond donors (Lipinski definition) is 0. The van der Waals surface area contributed by atoms with Crippen molar-refractivity contribution in [3.8, 4) is 22.9 Å². The number of ketones is 1. The zero-order chi connectivity index (χ0) is 20.1. The van der Waals surface area contributed by atoms with E-state index in [2.05, 4.69) is 17.6 Å². The fraction of sp³-hybridized carbons (Fsp3) is 0.0870. The van der Waals surface area contributed by atoms with Crippen LogP contribution in [0.15, 0.2) is 67.4 Å². The number of ether oxygens (including phenoxy) is 1. The van der Waals surface area contributed by atoms with Gasteiger partial charge < -0.3 is 4.74 Å². The molecule has 0 atom stereocenters. The molecule has 3 aromatic rings. The minimum Gasteiger partial charge on any atom is -0.496 e. The van der Waals surface area contributed by atoms with Crippen LogP contribution in [0.1, 0.15) is 27.2 Å². The van der Waals surface area contributed by atoms with E-state index in [9.17, 15) is 4.79 Å². The normalized spacial score (nSPS) is 10.2. The summed E-state index contributed by atoms with van der Waals surface area (Å²) in [5.74, 6) is -0.288. The summed E-state index contributed by atoms with van der Waals surface area (Å²) in [6, 6.07) is 15.5. The van der Waals surface area contributed by atoms with Gasteiger partial charge in [-0.2, -0.15) is 5.26 Å². The zero-order valence-corrected chi connectivity index (χ0v) is 15.3. The molecule has 0 aliphatic rings. The average molecular weight is 372 g/mol. The molecule has 0 fully saturated rings. The van der Waals surface area contributed by atoms with E-state index in [0.29, 0.717) is 40.1 Å². The molecule has 0 N–H and O–H groups in total. The summed E-state index contributed by atoms with van der Waals surface area (Å²) < 4.78 is 20.7. The molecule has 0 spiro atoms. The summed E-state index contributed by atoms with van der Waals surface area (Å²) in [6.07, 6.45) is 3.06. The molecule has 28 heavy (non-hydrogen) atoms. The van der Waals surface area contributed by atoms with Crippen LogP contribution in [0.4, 0.5) is 4.39 Å². The van der Waals surface area contributed by atoms with Gasteiger partial charge in [0.1, 0.15) is 17.3 Å². The van der Waals surface area contributed by atoms with E-state index >= 15 is 4.39 Å². The number of allylic oxidation sites excluding steroid dienone is 1. The van der Waals surface area contributed by atoms with Gasteiger partial charge in [0, 0.05) is 12.6 Å². The van der Waals surface area contributed by atoms with Gasteiger partial charge in [-0.05, 0) is 47.0 Å². The summed E-state index contributed by atoms with van der Waals surface area (Å²) >= 11 is 0. The number of hydrogen-bond acceptors (Lipinski definition) is 4. The van der Waals surface area contributed by atoms with Gasteiger partial charge in [0.15, 0.2) is 0 Å². The minimum atomic E-state index is -0.416. The maximum Gasteiger partial charge on any atom is 0.203 e. The number of aromatic nitrogens is 1. The molecule has 138 valence electrons. The quantitative estimate of drug-likeness (QED) is 0.464. The highest BCUT2D eigenvalue weighted by Crippen LogP contribution is 2.35. The van der Waals surface area contributed by atoms with Crippen molar-refractivity contribution in [3.05, 3.63) is 95.6 Å². The smallest absolute Gasteiger partial charge is 0.203 e. The van der Waals surface area contributed by atoms with E-state index in [-0.39, 0.29) is 5.78 Å². The lowest BCUT2D eigenvalue weighted by molar-refractivity contribution is 0.104. The predicted molar refractivity (Wildman–Crippen MR) is 105 cm³/mol. The molecule has 0 unspecified atom stereocenters. The Hall–Kier alpha value is -3.78. The molecule has 0 saturated carbocycles. The average Bonchev–Trinajstić information content (AvgIpc) is 2.74. The standard InChI is InChI=1S/C23H17FN2O2/c1-3-20(27)19-9-7-16(14-26-19)12-18-8-10-21(28-2)22(23(18)24)17-6-4-5-15(11-17)13-25/h3-11,14H,1,12H2,2H3. The number of nitriles is 1. The summed E-state index contributed by atoms with van der Waals surface area (Å²) in [6.45, 7) is 3.43. The Kier molecular flexibility index (Phi) is 5.61. The van der Waals surface area contributed by atoms with Gasteiger partial charge in [-0.15, -0.1) is 0 Å². The van der Waals surface area contributed by atoms with Gasteiger partial charge in [0.05, 0.1) is 24.3 Å². The first kappa shape index (κ1) is 19.0.